The van der Waals surface area contributed by atoms with Crippen LogP contribution in [-0.4, -0.2) is 11.0 Å². The van der Waals surface area contributed by atoms with Gasteiger partial charge in [-0.1, -0.05) is 41.4 Å². The number of alkyl halides is 3. The van der Waals surface area contributed by atoms with Crippen molar-refractivity contribution >= 4 is 58.2 Å². The third-order valence-corrected chi connectivity index (χ3v) is 3.86. The molecule has 26 heavy (non-hydrogen) atoms. The molecule has 9 heteroatoms. The highest BCUT2D eigenvalue weighted by molar-refractivity contribution is 7.80. The molecule has 0 aromatic heterocycles. The number of carbonyl (C=O) groups is 1. The molecule has 2 aromatic carbocycles. The molecule has 0 saturated heterocycles. The van der Waals surface area contributed by atoms with Crippen LogP contribution in [0.2, 0.25) is 10.0 Å². The van der Waals surface area contributed by atoms with Crippen molar-refractivity contribution in [2.24, 2.45) is 0 Å². The molecule has 0 bridgehead atoms. The summed E-state index contributed by atoms with van der Waals surface area (Å²) in [6.07, 6.45) is -1.96. The highest BCUT2D eigenvalue weighted by Gasteiger charge is 2.33. The Morgan fingerprint density at radius 1 is 1.12 bits per heavy atom. The van der Waals surface area contributed by atoms with Gasteiger partial charge in [0.2, 0.25) is 5.91 Å². The molecule has 2 rings (SSSR count). The number of para-hydroxylation sites is 1. The number of anilines is 1. The first-order chi connectivity index (χ1) is 12.2. The van der Waals surface area contributed by atoms with E-state index in [4.69, 9.17) is 35.4 Å². The van der Waals surface area contributed by atoms with E-state index in [0.717, 1.165) is 12.1 Å². The number of halogens is 5. The number of hydrogen-bond acceptors (Lipinski definition) is 2. The van der Waals surface area contributed by atoms with Gasteiger partial charge in [-0.05, 0) is 48.1 Å². The van der Waals surface area contributed by atoms with Gasteiger partial charge in [-0.3, -0.25) is 10.1 Å². The van der Waals surface area contributed by atoms with Crippen LogP contribution in [0.1, 0.15) is 11.1 Å². The first-order valence-corrected chi connectivity index (χ1v) is 8.24. The monoisotopic (exact) mass is 418 g/mol. The first kappa shape index (κ1) is 20.2. The van der Waals surface area contributed by atoms with Crippen LogP contribution >= 0.6 is 35.4 Å². The summed E-state index contributed by atoms with van der Waals surface area (Å²) in [6, 6.07) is 9.54. The van der Waals surface area contributed by atoms with Crippen LogP contribution in [0.25, 0.3) is 6.08 Å². The van der Waals surface area contributed by atoms with E-state index in [2.05, 4.69) is 10.6 Å². The summed E-state index contributed by atoms with van der Waals surface area (Å²) >= 11 is 16.6. The number of thiocarbonyl (C=S) groups is 1. The van der Waals surface area contributed by atoms with Gasteiger partial charge in [-0.25, -0.2) is 0 Å². The molecule has 136 valence electrons. The van der Waals surface area contributed by atoms with Gasteiger partial charge in [0, 0.05) is 16.1 Å². The van der Waals surface area contributed by atoms with Crippen molar-refractivity contribution in [2.75, 3.05) is 5.32 Å². The number of amides is 1. The van der Waals surface area contributed by atoms with Gasteiger partial charge in [0.15, 0.2) is 5.11 Å². The SMILES string of the molecule is O=C(/C=C/c1ccc(Cl)cc1Cl)NC(=S)Nc1ccccc1C(F)(F)F. The maximum atomic E-state index is 12.9. The average molecular weight is 419 g/mol. The van der Waals surface area contributed by atoms with Gasteiger partial charge in [0.25, 0.3) is 0 Å². The van der Waals surface area contributed by atoms with Crippen LogP contribution < -0.4 is 10.6 Å². The fourth-order valence-electron chi connectivity index (χ4n) is 1.95. The van der Waals surface area contributed by atoms with E-state index in [1.54, 1.807) is 12.1 Å². The zero-order valence-corrected chi connectivity index (χ0v) is 15.2. The van der Waals surface area contributed by atoms with E-state index >= 15 is 0 Å². The normalized spacial score (nSPS) is 11.4. The number of benzene rings is 2. The molecule has 3 nitrogen and oxygen atoms in total. The predicted octanol–water partition coefficient (Wildman–Crippen LogP) is 5.54. The third kappa shape index (κ3) is 5.72. The van der Waals surface area contributed by atoms with Crippen molar-refractivity contribution in [2.45, 2.75) is 6.18 Å². The molecule has 0 heterocycles. The van der Waals surface area contributed by atoms with E-state index in [-0.39, 0.29) is 10.8 Å². The van der Waals surface area contributed by atoms with Crippen LogP contribution in [0.4, 0.5) is 18.9 Å². The van der Waals surface area contributed by atoms with Crippen molar-refractivity contribution in [1.29, 1.82) is 0 Å². The first-order valence-electron chi connectivity index (χ1n) is 7.08. The van der Waals surface area contributed by atoms with Crippen LogP contribution in [0.15, 0.2) is 48.5 Å². The lowest BCUT2D eigenvalue weighted by molar-refractivity contribution is -0.136. The van der Waals surface area contributed by atoms with Gasteiger partial charge >= 0.3 is 6.18 Å². The fraction of sp³-hybridized carbons (Fsp3) is 0.0588. The van der Waals surface area contributed by atoms with Crippen molar-refractivity contribution in [3.8, 4) is 0 Å². The molecule has 0 fully saturated rings. The second kappa shape index (κ2) is 8.53. The molecular weight excluding hydrogens is 408 g/mol. The molecule has 0 saturated carbocycles. The van der Waals surface area contributed by atoms with Crippen molar-refractivity contribution in [3.63, 3.8) is 0 Å². The van der Waals surface area contributed by atoms with Gasteiger partial charge in [0.1, 0.15) is 0 Å². The Morgan fingerprint density at radius 2 is 1.81 bits per heavy atom. The van der Waals surface area contributed by atoms with E-state index in [1.165, 1.54) is 30.3 Å². The molecule has 0 atom stereocenters. The minimum absolute atomic E-state index is 0.255. The lowest BCUT2D eigenvalue weighted by atomic mass is 10.1. The number of nitrogens with one attached hydrogen (secondary N) is 2. The quantitative estimate of drug-likeness (QED) is 0.507. The maximum Gasteiger partial charge on any atom is 0.418 e. The largest absolute Gasteiger partial charge is 0.418 e. The van der Waals surface area contributed by atoms with Crippen molar-refractivity contribution in [3.05, 3.63) is 69.7 Å². The Labute approximate surface area is 162 Å². The second-order valence-corrected chi connectivity index (χ2v) is 6.24. The van der Waals surface area contributed by atoms with Gasteiger partial charge < -0.3 is 5.32 Å². The minimum atomic E-state index is -4.55. The summed E-state index contributed by atoms with van der Waals surface area (Å²) in [6.45, 7) is 0. The molecule has 0 spiro atoms. The van der Waals surface area contributed by atoms with Crippen LogP contribution in [0.3, 0.4) is 0 Å². The summed E-state index contributed by atoms with van der Waals surface area (Å²) in [5.41, 5.74) is -0.595. The van der Waals surface area contributed by atoms with Crippen LogP contribution in [-0.2, 0) is 11.0 Å². The molecule has 0 radical (unpaired) electrons. The van der Waals surface area contributed by atoms with Crippen LogP contribution in [0.5, 0.6) is 0 Å². The maximum absolute atomic E-state index is 12.9. The summed E-state index contributed by atoms with van der Waals surface area (Å²) in [4.78, 5) is 11.9. The third-order valence-electron chi connectivity index (χ3n) is 3.09. The van der Waals surface area contributed by atoms with Gasteiger partial charge in [-0.15, -0.1) is 0 Å². The van der Waals surface area contributed by atoms with Crippen molar-refractivity contribution < 1.29 is 18.0 Å². The Bertz CT molecular complexity index is 869. The molecule has 2 aromatic rings. The smallest absolute Gasteiger partial charge is 0.332 e. The fourth-order valence-corrected chi connectivity index (χ4v) is 2.63. The highest BCUT2D eigenvalue weighted by atomic mass is 35.5. The summed E-state index contributed by atoms with van der Waals surface area (Å²) < 4.78 is 38.8. The zero-order chi connectivity index (χ0) is 19.3. The number of hydrogen-bond donors (Lipinski definition) is 2. The molecule has 0 aliphatic carbocycles. The Balaban J connectivity index is 2.02. The summed E-state index contributed by atoms with van der Waals surface area (Å²) in [7, 11) is 0. The lowest BCUT2D eigenvalue weighted by Crippen LogP contribution is -2.33. The zero-order valence-electron chi connectivity index (χ0n) is 12.9. The Kier molecular flexibility index (Phi) is 6.63. The molecule has 0 unspecified atom stereocenters. The van der Waals surface area contributed by atoms with E-state index in [1.807, 2.05) is 0 Å². The van der Waals surface area contributed by atoms with E-state index < -0.39 is 17.6 Å². The molecule has 2 N–H and O–H groups in total. The molecule has 1 amide bonds. The van der Waals surface area contributed by atoms with Gasteiger partial charge in [-0.2, -0.15) is 13.2 Å². The number of carbonyl (C=O) groups excluding carboxylic acids is 1. The predicted molar refractivity (Wildman–Crippen MR) is 101 cm³/mol. The lowest BCUT2D eigenvalue weighted by Gasteiger charge is -2.14. The average Bonchev–Trinajstić information content (AvgIpc) is 2.53. The number of rotatable bonds is 3. The molecular formula is C17H11Cl2F3N2OS. The highest BCUT2D eigenvalue weighted by Crippen LogP contribution is 2.34. The Morgan fingerprint density at radius 3 is 2.46 bits per heavy atom. The molecule has 0 aliphatic rings. The minimum Gasteiger partial charge on any atom is -0.332 e. The van der Waals surface area contributed by atoms with Gasteiger partial charge in [0.05, 0.1) is 11.3 Å². The topological polar surface area (TPSA) is 41.1 Å². The standard InChI is InChI=1S/C17H11Cl2F3N2OS/c18-11-7-5-10(13(19)9-11)6-8-15(25)24-16(26)23-14-4-2-1-3-12(14)17(20,21)22/h1-9H,(H2,23,24,25,26)/b8-6+. The summed E-state index contributed by atoms with van der Waals surface area (Å²) in [5, 5.41) is 5.17. The van der Waals surface area contributed by atoms with E-state index in [9.17, 15) is 18.0 Å². The van der Waals surface area contributed by atoms with Crippen LogP contribution in [0, 0.1) is 0 Å². The second-order valence-electron chi connectivity index (χ2n) is 4.99. The summed E-state index contributed by atoms with van der Waals surface area (Å²) in [5.74, 6) is -0.627. The van der Waals surface area contributed by atoms with Crippen molar-refractivity contribution in [1.82, 2.24) is 5.32 Å². The molecule has 0 aliphatic heterocycles. The van der Waals surface area contributed by atoms with E-state index in [0.29, 0.717) is 15.6 Å². The Hall–Kier alpha value is -2.09.